The number of hydrogen-bond donors (Lipinski definition) is 3. The molecule has 5 nitrogen and oxygen atoms in total. The molecule has 0 amide bonds. The molecule has 5 heteroatoms. The zero-order valence-electron chi connectivity index (χ0n) is 14.4. The smallest absolute Gasteiger partial charge is 0.339 e. The molecular formula is C18H30N3O2+. The normalized spacial score (nSPS) is 32.3. The molecule has 3 N–H and O–H groups in total. The van der Waals surface area contributed by atoms with Gasteiger partial charge in [0.2, 0.25) is 0 Å². The monoisotopic (exact) mass is 320 g/mol. The fourth-order valence-corrected chi connectivity index (χ4v) is 4.59. The van der Waals surface area contributed by atoms with Gasteiger partial charge in [-0.15, -0.1) is 0 Å². The van der Waals surface area contributed by atoms with Crippen molar-refractivity contribution in [1.82, 2.24) is 5.32 Å². The van der Waals surface area contributed by atoms with Gasteiger partial charge in [-0.05, 0) is 13.3 Å². The maximum Gasteiger partial charge on any atom is 0.339 e. The van der Waals surface area contributed by atoms with Gasteiger partial charge in [-0.1, -0.05) is 39.0 Å². The summed E-state index contributed by atoms with van der Waals surface area (Å²) >= 11 is 0. The Morgan fingerprint density at radius 2 is 2.09 bits per heavy atom. The fraction of sp³-hybridized carbons (Fsp3) is 0.778. The Bertz CT molecular complexity index is 526. The van der Waals surface area contributed by atoms with Crippen molar-refractivity contribution < 1.29 is 14.8 Å². The summed E-state index contributed by atoms with van der Waals surface area (Å²) in [6.45, 7) is 4.13. The molecule has 0 aromatic carbocycles. The van der Waals surface area contributed by atoms with Gasteiger partial charge < -0.3 is 5.11 Å². The standard InChI is InChI=1S/C18H29N3O2/c1-3-4-5-6-7-8-13-11-14-9-10-15-16(17(22)23)12(2)19-18(20-13)21(14)15/h13-15H,3-11H2,1-2H3,(H,19,20)(H,22,23)/p+1/t13-,14+,15?/m1/s1. The second-order valence-corrected chi connectivity index (χ2v) is 7.32. The Morgan fingerprint density at radius 1 is 1.30 bits per heavy atom. The number of carboxylic acid groups (broad SMARTS) is 1. The van der Waals surface area contributed by atoms with Gasteiger partial charge >= 0.3 is 11.9 Å². The lowest BCUT2D eigenvalue weighted by molar-refractivity contribution is -0.846. The second-order valence-electron chi connectivity index (χ2n) is 7.32. The number of quaternary nitrogens is 1. The molecule has 3 aliphatic rings. The Hall–Kier alpha value is -1.36. The highest BCUT2D eigenvalue weighted by molar-refractivity contribution is 5.91. The van der Waals surface area contributed by atoms with Crippen molar-refractivity contribution in [2.24, 2.45) is 4.99 Å². The van der Waals surface area contributed by atoms with Crippen LogP contribution in [-0.4, -0.2) is 35.2 Å². The summed E-state index contributed by atoms with van der Waals surface area (Å²) in [5.74, 6) is 0.232. The number of carboxylic acids is 1. The van der Waals surface area contributed by atoms with Crippen molar-refractivity contribution in [2.75, 3.05) is 0 Å². The highest BCUT2D eigenvalue weighted by Gasteiger charge is 2.51. The molecule has 1 saturated heterocycles. The van der Waals surface area contributed by atoms with Gasteiger partial charge in [0.25, 0.3) is 0 Å². The van der Waals surface area contributed by atoms with Crippen LogP contribution in [0.4, 0.5) is 0 Å². The van der Waals surface area contributed by atoms with E-state index in [0.29, 0.717) is 17.7 Å². The second kappa shape index (κ2) is 7.04. The van der Waals surface area contributed by atoms with Gasteiger partial charge in [0.1, 0.15) is 11.6 Å². The fourth-order valence-electron chi connectivity index (χ4n) is 4.59. The van der Waals surface area contributed by atoms with Gasteiger partial charge in [0, 0.05) is 25.0 Å². The van der Waals surface area contributed by atoms with Gasteiger partial charge in [-0.3, -0.25) is 10.2 Å². The quantitative estimate of drug-likeness (QED) is 0.627. The molecule has 0 radical (unpaired) electrons. The minimum atomic E-state index is -0.773. The first kappa shape index (κ1) is 16.5. The predicted molar refractivity (Wildman–Crippen MR) is 90.5 cm³/mol. The summed E-state index contributed by atoms with van der Waals surface area (Å²) in [6.07, 6.45) is 10.9. The Balaban J connectivity index is 1.67. The number of unbranched alkanes of at least 4 members (excludes halogenated alkanes) is 4. The molecule has 2 unspecified atom stereocenters. The molecule has 0 spiro atoms. The lowest BCUT2D eigenvalue weighted by Crippen LogP contribution is -3.22. The average molecular weight is 320 g/mol. The summed E-state index contributed by atoms with van der Waals surface area (Å²) in [7, 11) is 0. The molecule has 3 rings (SSSR count). The van der Waals surface area contributed by atoms with E-state index in [4.69, 9.17) is 4.99 Å². The molecule has 23 heavy (non-hydrogen) atoms. The van der Waals surface area contributed by atoms with E-state index in [1.165, 1.54) is 43.4 Å². The first-order chi connectivity index (χ1) is 11.1. The van der Waals surface area contributed by atoms with E-state index < -0.39 is 5.97 Å². The van der Waals surface area contributed by atoms with E-state index >= 15 is 0 Å². The van der Waals surface area contributed by atoms with E-state index in [1.54, 1.807) is 0 Å². The number of aliphatic carboxylic acids is 1. The van der Waals surface area contributed by atoms with Crippen LogP contribution in [0.25, 0.3) is 0 Å². The molecule has 3 heterocycles. The van der Waals surface area contributed by atoms with Gasteiger partial charge in [0.15, 0.2) is 0 Å². The van der Waals surface area contributed by atoms with Crippen molar-refractivity contribution in [3.8, 4) is 0 Å². The molecule has 0 aliphatic carbocycles. The van der Waals surface area contributed by atoms with Crippen LogP contribution in [0.1, 0.15) is 71.6 Å². The number of nitrogens with zero attached hydrogens (tertiary/aromatic N) is 1. The average Bonchev–Trinajstić information content (AvgIpc) is 2.91. The largest absolute Gasteiger partial charge is 0.478 e. The van der Waals surface area contributed by atoms with Crippen LogP contribution < -0.4 is 10.2 Å². The van der Waals surface area contributed by atoms with Crippen LogP contribution in [0, 0.1) is 0 Å². The third-order valence-electron chi connectivity index (χ3n) is 5.69. The van der Waals surface area contributed by atoms with Crippen molar-refractivity contribution in [3.63, 3.8) is 0 Å². The Labute approximate surface area is 138 Å². The molecule has 128 valence electrons. The van der Waals surface area contributed by atoms with E-state index in [9.17, 15) is 9.90 Å². The van der Waals surface area contributed by atoms with Crippen LogP contribution in [0.15, 0.2) is 16.3 Å². The maximum absolute atomic E-state index is 11.6. The molecule has 3 aliphatic heterocycles. The van der Waals surface area contributed by atoms with Crippen molar-refractivity contribution in [2.45, 2.75) is 89.8 Å². The first-order valence-electron chi connectivity index (χ1n) is 9.27. The molecule has 0 aromatic rings. The number of guanidine groups is 1. The number of rotatable bonds is 7. The predicted octanol–water partition coefficient (Wildman–Crippen LogP) is 1.85. The summed E-state index contributed by atoms with van der Waals surface area (Å²) in [4.78, 5) is 17.8. The number of carbonyl (C=O) groups is 1. The highest BCUT2D eigenvalue weighted by Crippen LogP contribution is 2.26. The summed E-state index contributed by atoms with van der Waals surface area (Å²) in [5, 5.41) is 12.8. The van der Waals surface area contributed by atoms with Crippen LogP contribution in [0.3, 0.4) is 0 Å². The van der Waals surface area contributed by atoms with Crippen molar-refractivity contribution >= 4 is 11.9 Å². The summed E-state index contributed by atoms with van der Waals surface area (Å²) in [5.41, 5.74) is 1.36. The molecule has 0 aromatic heterocycles. The Kier molecular flexibility index (Phi) is 5.05. The third-order valence-corrected chi connectivity index (χ3v) is 5.69. The summed E-state index contributed by atoms with van der Waals surface area (Å²) in [6, 6.07) is 1.07. The van der Waals surface area contributed by atoms with Gasteiger partial charge in [-0.25, -0.2) is 9.79 Å². The number of nitrogens with one attached hydrogen (secondary N) is 2. The molecular weight excluding hydrogens is 290 g/mol. The zero-order chi connectivity index (χ0) is 16.4. The van der Waals surface area contributed by atoms with E-state index in [-0.39, 0.29) is 6.04 Å². The van der Waals surface area contributed by atoms with Crippen LogP contribution >= 0.6 is 0 Å². The van der Waals surface area contributed by atoms with E-state index in [1.807, 2.05) is 6.92 Å². The molecule has 1 fully saturated rings. The SMILES string of the molecule is CCCCCCC[C@@H]1C[C@@H]2CCC3C(C(=O)O)=C(C)NC(=N1)[NH+]32. The van der Waals surface area contributed by atoms with E-state index in [2.05, 4.69) is 12.2 Å². The minimum Gasteiger partial charge on any atom is -0.478 e. The highest BCUT2D eigenvalue weighted by atomic mass is 16.4. The number of allylic oxidation sites excluding steroid dienone is 1. The number of hydrogen-bond acceptors (Lipinski definition) is 3. The Morgan fingerprint density at radius 3 is 2.83 bits per heavy atom. The van der Waals surface area contributed by atoms with Crippen molar-refractivity contribution in [3.05, 3.63) is 11.3 Å². The number of aliphatic imine (C=N–C) groups is 1. The molecule has 0 saturated carbocycles. The lowest BCUT2D eigenvalue weighted by Gasteiger charge is -2.37. The maximum atomic E-state index is 11.6. The third kappa shape index (κ3) is 3.30. The van der Waals surface area contributed by atoms with E-state index in [0.717, 1.165) is 30.9 Å². The molecule has 4 atom stereocenters. The zero-order valence-corrected chi connectivity index (χ0v) is 14.4. The lowest BCUT2D eigenvalue weighted by atomic mass is 9.98. The van der Waals surface area contributed by atoms with Crippen molar-refractivity contribution in [1.29, 1.82) is 0 Å². The molecule has 0 bridgehead atoms. The van der Waals surface area contributed by atoms with Crippen LogP contribution in [0.5, 0.6) is 0 Å². The van der Waals surface area contributed by atoms with Crippen LogP contribution in [-0.2, 0) is 4.79 Å². The minimum absolute atomic E-state index is 0.100. The van der Waals surface area contributed by atoms with Gasteiger partial charge in [-0.2, -0.15) is 0 Å². The van der Waals surface area contributed by atoms with Gasteiger partial charge in [0.05, 0.1) is 12.1 Å². The van der Waals surface area contributed by atoms with Crippen LogP contribution in [0.2, 0.25) is 0 Å². The first-order valence-corrected chi connectivity index (χ1v) is 9.27. The summed E-state index contributed by atoms with van der Waals surface area (Å²) < 4.78 is 0. The topological polar surface area (TPSA) is 66.1 Å².